The Balaban J connectivity index is 0.00000800. The summed E-state index contributed by atoms with van der Waals surface area (Å²) >= 11 is 0. The van der Waals surface area contributed by atoms with Gasteiger partial charge in [-0.3, -0.25) is 4.79 Å². The third-order valence-corrected chi connectivity index (χ3v) is 7.88. The first kappa shape index (κ1) is 39.5. The summed E-state index contributed by atoms with van der Waals surface area (Å²) in [5, 5.41) is 9.56. The van der Waals surface area contributed by atoms with Crippen LogP contribution in [0.1, 0.15) is 86.5 Å². The standard InChI is InChI=1S/C23H30F12O4.2CH4/c1-3-12(2)17(36)39-19(22(30,31)32,23(33,34)35)14-6-10-16(11-7-14)38-15-8-4-13(5-9-15)18(37,20(24,25)26)21(27,28)29;;/h12-16,37H,3-11H2,1-2H3;2*1H4. The highest BCUT2D eigenvalue weighted by Crippen LogP contribution is 2.55. The molecule has 2 aliphatic carbocycles. The Labute approximate surface area is 231 Å². The van der Waals surface area contributed by atoms with E-state index in [0.717, 1.165) is 6.92 Å². The van der Waals surface area contributed by atoms with Gasteiger partial charge in [-0.2, -0.15) is 52.7 Å². The average molecular weight is 631 g/mol. The van der Waals surface area contributed by atoms with E-state index in [1.165, 1.54) is 6.92 Å². The third kappa shape index (κ3) is 7.74. The zero-order valence-electron chi connectivity index (χ0n) is 21.0. The highest BCUT2D eigenvalue weighted by Gasteiger charge is 2.77. The van der Waals surface area contributed by atoms with Crippen molar-refractivity contribution in [2.24, 2.45) is 17.8 Å². The second-order valence-electron chi connectivity index (χ2n) is 10.3. The van der Waals surface area contributed by atoms with Gasteiger partial charge in [-0.15, -0.1) is 0 Å². The predicted octanol–water partition coefficient (Wildman–Crippen LogP) is 8.70. The van der Waals surface area contributed by atoms with E-state index in [2.05, 4.69) is 4.74 Å². The number of carbonyl (C=O) groups is 1. The van der Waals surface area contributed by atoms with Crippen LogP contribution < -0.4 is 0 Å². The van der Waals surface area contributed by atoms with Crippen molar-refractivity contribution in [1.82, 2.24) is 0 Å². The molecule has 0 heterocycles. The molecule has 2 aliphatic rings. The maximum absolute atomic E-state index is 13.9. The van der Waals surface area contributed by atoms with Gasteiger partial charge in [0.05, 0.1) is 18.1 Å². The van der Waals surface area contributed by atoms with Crippen molar-refractivity contribution < 1.29 is 72.1 Å². The molecular weight excluding hydrogens is 592 g/mol. The predicted molar refractivity (Wildman–Crippen MR) is 123 cm³/mol. The molecule has 2 rings (SSSR count). The van der Waals surface area contributed by atoms with Gasteiger partial charge >= 0.3 is 36.3 Å². The van der Waals surface area contributed by atoms with Gasteiger partial charge in [0.15, 0.2) is 0 Å². The molecule has 0 aromatic rings. The molecule has 1 N–H and O–H groups in total. The van der Waals surface area contributed by atoms with Crippen LogP contribution in [0.25, 0.3) is 0 Å². The molecule has 2 saturated carbocycles. The minimum Gasteiger partial charge on any atom is -0.439 e. The number of hydrogen-bond donors (Lipinski definition) is 1. The zero-order valence-corrected chi connectivity index (χ0v) is 21.0. The Bertz CT molecular complexity index is 790. The largest absolute Gasteiger partial charge is 0.439 e. The molecule has 0 radical (unpaired) electrons. The topological polar surface area (TPSA) is 55.8 Å². The number of rotatable bonds is 7. The summed E-state index contributed by atoms with van der Waals surface area (Å²) in [6.07, 6.45) is -30.0. The van der Waals surface area contributed by atoms with E-state index in [0.29, 0.717) is 0 Å². The smallest absolute Gasteiger partial charge is 0.437 e. The fraction of sp³-hybridized carbons (Fsp3) is 0.960. The van der Waals surface area contributed by atoms with Crippen molar-refractivity contribution in [2.75, 3.05) is 0 Å². The molecule has 41 heavy (non-hydrogen) atoms. The minimum absolute atomic E-state index is 0. The maximum Gasteiger partial charge on any atom is 0.437 e. The average Bonchev–Trinajstić information content (AvgIpc) is 2.79. The molecule has 0 aromatic heterocycles. The summed E-state index contributed by atoms with van der Waals surface area (Å²) in [6.45, 7) is 2.52. The van der Waals surface area contributed by atoms with Gasteiger partial charge in [-0.25, -0.2) is 0 Å². The first-order chi connectivity index (χ1) is 17.5. The zero-order chi connectivity index (χ0) is 30.2. The normalized spacial score (nSPS) is 25.9. The lowest BCUT2D eigenvalue weighted by Crippen LogP contribution is -2.65. The molecular formula is C25H38F12O4. The van der Waals surface area contributed by atoms with Crippen LogP contribution in [0.15, 0.2) is 0 Å². The fourth-order valence-corrected chi connectivity index (χ4v) is 5.37. The summed E-state index contributed by atoms with van der Waals surface area (Å²) in [6, 6.07) is 0. The molecule has 1 atom stereocenters. The second kappa shape index (κ2) is 13.5. The minimum atomic E-state index is -5.99. The van der Waals surface area contributed by atoms with Crippen molar-refractivity contribution >= 4 is 5.97 Å². The van der Waals surface area contributed by atoms with Crippen LogP contribution in [0.4, 0.5) is 52.7 Å². The third-order valence-electron chi connectivity index (χ3n) is 7.88. The number of hydrogen-bond acceptors (Lipinski definition) is 4. The van der Waals surface area contributed by atoms with Gasteiger partial charge in [-0.1, -0.05) is 28.7 Å². The lowest BCUT2D eigenvalue weighted by Gasteiger charge is -2.45. The Morgan fingerprint density at radius 2 is 1.02 bits per heavy atom. The molecule has 4 nitrogen and oxygen atoms in total. The van der Waals surface area contributed by atoms with Crippen molar-refractivity contribution in [3.8, 4) is 0 Å². The SMILES string of the molecule is C.C.CCC(C)C(=O)OC(C1CCC(OC2CCC(C(O)(C(F)(F)F)C(F)(F)F)CC2)CC1)(C(F)(F)F)C(F)(F)F. The Hall–Kier alpha value is -1.45. The highest BCUT2D eigenvalue weighted by molar-refractivity contribution is 5.72. The van der Waals surface area contributed by atoms with E-state index >= 15 is 0 Å². The summed E-state index contributed by atoms with van der Waals surface area (Å²) in [4.78, 5) is 12.1. The van der Waals surface area contributed by atoms with E-state index in [-0.39, 0.29) is 47.0 Å². The van der Waals surface area contributed by atoms with E-state index in [1.54, 1.807) is 0 Å². The number of halogens is 12. The fourth-order valence-electron chi connectivity index (χ4n) is 5.37. The molecule has 0 amide bonds. The first-order valence-corrected chi connectivity index (χ1v) is 12.4. The molecule has 246 valence electrons. The van der Waals surface area contributed by atoms with Crippen LogP contribution in [0, 0.1) is 17.8 Å². The lowest BCUT2D eigenvalue weighted by atomic mass is 9.74. The van der Waals surface area contributed by atoms with Crippen LogP contribution in [-0.4, -0.2) is 59.2 Å². The second-order valence-corrected chi connectivity index (χ2v) is 10.3. The molecule has 2 fully saturated rings. The van der Waals surface area contributed by atoms with E-state index in [9.17, 15) is 62.6 Å². The number of ether oxygens (including phenoxy) is 2. The van der Waals surface area contributed by atoms with Crippen LogP contribution in [0.2, 0.25) is 0 Å². The van der Waals surface area contributed by atoms with Crippen molar-refractivity contribution in [2.45, 2.75) is 135 Å². The first-order valence-electron chi connectivity index (χ1n) is 12.4. The summed E-state index contributed by atoms with van der Waals surface area (Å²) < 4.78 is 172. The lowest BCUT2D eigenvalue weighted by molar-refractivity contribution is -0.389. The van der Waals surface area contributed by atoms with Crippen molar-refractivity contribution in [3.05, 3.63) is 0 Å². The number of alkyl halides is 12. The van der Waals surface area contributed by atoms with E-state index in [4.69, 9.17) is 4.74 Å². The molecule has 0 saturated heterocycles. The van der Waals surface area contributed by atoms with Crippen LogP contribution in [0.3, 0.4) is 0 Å². The highest BCUT2D eigenvalue weighted by atomic mass is 19.4. The number of esters is 1. The maximum atomic E-state index is 13.9. The van der Waals surface area contributed by atoms with Crippen molar-refractivity contribution in [3.63, 3.8) is 0 Å². The summed E-state index contributed by atoms with van der Waals surface area (Å²) in [5.74, 6) is -7.27. The van der Waals surface area contributed by atoms with Gasteiger partial charge in [0.25, 0.3) is 5.60 Å². The molecule has 0 bridgehead atoms. The van der Waals surface area contributed by atoms with Crippen LogP contribution in [0.5, 0.6) is 0 Å². The van der Waals surface area contributed by atoms with Gasteiger partial charge < -0.3 is 14.6 Å². The monoisotopic (exact) mass is 630 g/mol. The Morgan fingerprint density at radius 3 is 1.32 bits per heavy atom. The van der Waals surface area contributed by atoms with Crippen LogP contribution >= 0.6 is 0 Å². The van der Waals surface area contributed by atoms with Gasteiger partial charge in [0.2, 0.25) is 0 Å². The van der Waals surface area contributed by atoms with E-state index in [1.807, 2.05) is 0 Å². The summed E-state index contributed by atoms with van der Waals surface area (Å²) in [7, 11) is 0. The van der Waals surface area contributed by atoms with E-state index < -0.39 is 97.5 Å². The molecule has 0 spiro atoms. The van der Waals surface area contributed by atoms with Crippen LogP contribution in [-0.2, 0) is 14.3 Å². The van der Waals surface area contributed by atoms with Gasteiger partial charge in [-0.05, 0) is 57.8 Å². The Kier molecular flexibility index (Phi) is 13.0. The molecule has 16 heteroatoms. The Morgan fingerprint density at radius 1 is 0.683 bits per heavy atom. The quantitative estimate of drug-likeness (QED) is 0.226. The van der Waals surface area contributed by atoms with Crippen molar-refractivity contribution in [1.29, 1.82) is 0 Å². The molecule has 0 aromatic carbocycles. The number of aliphatic hydroxyl groups is 1. The number of carbonyl (C=O) groups excluding carboxylic acids is 1. The van der Waals surface area contributed by atoms with Gasteiger partial charge in [0.1, 0.15) is 0 Å². The molecule has 1 unspecified atom stereocenters. The molecule has 0 aliphatic heterocycles. The summed E-state index contributed by atoms with van der Waals surface area (Å²) in [5.41, 5.74) is -9.67. The van der Waals surface area contributed by atoms with Gasteiger partial charge in [0, 0.05) is 11.8 Å².